The third-order valence-corrected chi connectivity index (χ3v) is 9.44. The minimum atomic E-state index is -4.03. The van der Waals surface area contributed by atoms with Crippen molar-refractivity contribution in [1.29, 1.82) is 0 Å². The van der Waals surface area contributed by atoms with E-state index >= 15 is 0 Å². The molecule has 11 heteroatoms. The molecule has 0 radical (unpaired) electrons. The predicted molar refractivity (Wildman–Crippen MR) is 125 cm³/mol. The lowest BCUT2D eigenvalue weighted by molar-refractivity contribution is -0.114. The van der Waals surface area contributed by atoms with Crippen LogP contribution in [0.25, 0.3) is 0 Å². The van der Waals surface area contributed by atoms with Crippen molar-refractivity contribution in [3.05, 3.63) is 57.8 Å². The van der Waals surface area contributed by atoms with Crippen molar-refractivity contribution in [2.45, 2.75) is 23.5 Å². The number of nitrogens with two attached hydrogens (primary N) is 1. The lowest BCUT2D eigenvalue weighted by Crippen LogP contribution is -2.38. The van der Waals surface area contributed by atoms with Crippen LogP contribution in [0.2, 0.25) is 0 Å². The molecule has 2 aromatic heterocycles. The first-order valence-electron chi connectivity index (χ1n) is 9.76. The zero-order valence-electron chi connectivity index (χ0n) is 17.2. The van der Waals surface area contributed by atoms with E-state index < -0.39 is 28.4 Å². The highest BCUT2D eigenvalue weighted by atomic mass is 32.2. The summed E-state index contributed by atoms with van der Waals surface area (Å²) in [5.74, 6) is -0.876. The average Bonchev–Trinajstić information content (AvgIpc) is 3.49. The van der Waals surface area contributed by atoms with Gasteiger partial charge < -0.3 is 15.8 Å². The molecule has 8 nitrogen and oxygen atoms in total. The number of aryl methyl sites for hydroxylation is 1. The summed E-state index contributed by atoms with van der Waals surface area (Å²) in [6.45, 7) is -0.499. The highest BCUT2D eigenvalue weighted by Gasteiger charge is 2.31. The number of methoxy groups -OCH3 is 1. The van der Waals surface area contributed by atoms with E-state index in [1.165, 1.54) is 24.5 Å². The van der Waals surface area contributed by atoms with Crippen LogP contribution >= 0.6 is 22.7 Å². The quantitative estimate of drug-likeness (QED) is 0.501. The number of carbonyl (C=O) groups is 2. The standard InChI is InChI=1S/C21H21N3O5S3/c1-29-15-8-3-2-7-14(15)24(32(27,28)18-10-5-11-30-18)12-17(25)23-21-19(20(22)26)13-6-4-9-16(13)31-21/h2-3,5,7-8,10-11H,4,6,9,12H2,1H3,(H2,22,26)(H,23,25). The number of anilines is 2. The first-order chi connectivity index (χ1) is 15.3. The monoisotopic (exact) mass is 491 g/mol. The molecule has 168 valence electrons. The van der Waals surface area contributed by atoms with Crippen molar-refractivity contribution in [3.63, 3.8) is 0 Å². The highest BCUT2D eigenvalue weighted by Crippen LogP contribution is 2.39. The van der Waals surface area contributed by atoms with Crippen molar-refractivity contribution in [3.8, 4) is 5.75 Å². The van der Waals surface area contributed by atoms with Crippen LogP contribution in [0.3, 0.4) is 0 Å². The molecule has 0 unspecified atom stereocenters. The molecule has 0 aliphatic heterocycles. The maximum Gasteiger partial charge on any atom is 0.274 e. The molecule has 2 heterocycles. The number of amides is 2. The van der Waals surface area contributed by atoms with Crippen molar-refractivity contribution in [1.82, 2.24) is 0 Å². The molecular formula is C21H21N3O5S3. The fourth-order valence-electron chi connectivity index (χ4n) is 3.70. The van der Waals surface area contributed by atoms with Gasteiger partial charge in [-0.3, -0.25) is 13.9 Å². The fraction of sp³-hybridized carbons (Fsp3) is 0.238. The first-order valence-corrected chi connectivity index (χ1v) is 12.9. The summed E-state index contributed by atoms with van der Waals surface area (Å²) in [6, 6.07) is 9.69. The second kappa shape index (κ2) is 8.93. The van der Waals surface area contributed by atoms with Crippen molar-refractivity contribution in [2.24, 2.45) is 5.73 Å². The fourth-order valence-corrected chi connectivity index (χ4v) is 7.55. The van der Waals surface area contributed by atoms with Gasteiger partial charge in [0.25, 0.3) is 15.9 Å². The SMILES string of the molecule is COc1ccccc1N(CC(=O)Nc1sc2c(c1C(N)=O)CCC2)S(=O)(=O)c1cccs1. The van der Waals surface area contributed by atoms with Gasteiger partial charge in [-0.25, -0.2) is 8.42 Å². The first kappa shape index (κ1) is 22.3. The molecule has 3 N–H and O–H groups in total. The van der Waals surface area contributed by atoms with Gasteiger partial charge >= 0.3 is 0 Å². The van der Waals surface area contributed by atoms with Crippen molar-refractivity contribution in [2.75, 3.05) is 23.3 Å². The van der Waals surface area contributed by atoms with Gasteiger partial charge in [-0.15, -0.1) is 22.7 Å². The van der Waals surface area contributed by atoms with E-state index in [1.807, 2.05) is 0 Å². The molecule has 0 saturated heterocycles. The van der Waals surface area contributed by atoms with Crippen LogP contribution in [0.5, 0.6) is 5.75 Å². The van der Waals surface area contributed by atoms with E-state index in [4.69, 9.17) is 10.5 Å². The van der Waals surface area contributed by atoms with Crippen LogP contribution in [-0.4, -0.2) is 33.9 Å². The number of hydrogen-bond acceptors (Lipinski definition) is 7. The summed E-state index contributed by atoms with van der Waals surface area (Å²) in [4.78, 5) is 26.1. The summed E-state index contributed by atoms with van der Waals surface area (Å²) >= 11 is 2.38. The maximum absolute atomic E-state index is 13.4. The van der Waals surface area contributed by atoms with Crippen LogP contribution in [-0.2, 0) is 27.7 Å². The smallest absolute Gasteiger partial charge is 0.274 e. The van der Waals surface area contributed by atoms with Gasteiger partial charge in [0, 0.05) is 4.88 Å². The largest absolute Gasteiger partial charge is 0.495 e. The lowest BCUT2D eigenvalue weighted by atomic mass is 10.1. The molecular weight excluding hydrogens is 470 g/mol. The van der Waals surface area contributed by atoms with Gasteiger partial charge in [-0.2, -0.15) is 0 Å². The Balaban J connectivity index is 1.68. The Bertz CT molecular complexity index is 1270. The van der Waals surface area contributed by atoms with Gasteiger partial charge in [0.2, 0.25) is 5.91 Å². The number of fused-ring (bicyclic) bond motifs is 1. The Morgan fingerprint density at radius 1 is 1.19 bits per heavy atom. The normalized spacial score (nSPS) is 12.9. The molecule has 0 saturated carbocycles. The van der Waals surface area contributed by atoms with Crippen LogP contribution in [0.15, 0.2) is 46.0 Å². The third kappa shape index (κ3) is 4.10. The van der Waals surface area contributed by atoms with Crippen LogP contribution < -0.4 is 20.1 Å². The Morgan fingerprint density at radius 2 is 1.97 bits per heavy atom. The number of primary amides is 1. The summed E-state index contributed by atoms with van der Waals surface area (Å²) in [5.41, 5.74) is 7.01. The number of para-hydroxylation sites is 2. The molecule has 3 aromatic rings. The van der Waals surface area contributed by atoms with Crippen LogP contribution in [0.1, 0.15) is 27.2 Å². The van der Waals surface area contributed by atoms with Gasteiger partial charge in [-0.1, -0.05) is 18.2 Å². The number of sulfonamides is 1. The summed E-state index contributed by atoms with van der Waals surface area (Å²) in [6.07, 6.45) is 2.51. The Kier molecular flexibility index (Phi) is 6.22. The summed E-state index contributed by atoms with van der Waals surface area (Å²) < 4.78 is 33.2. The Labute approximate surface area is 193 Å². The van der Waals surface area contributed by atoms with Crippen molar-refractivity contribution >= 4 is 55.2 Å². The topological polar surface area (TPSA) is 119 Å². The highest BCUT2D eigenvalue weighted by molar-refractivity contribution is 7.94. The number of nitrogens with zero attached hydrogens (tertiary/aromatic N) is 1. The van der Waals surface area contributed by atoms with Crippen LogP contribution in [0, 0.1) is 0 Å². The van der Waals surface area contributed by atoms with E-state index in [1.54, 1.807) is 35.7 Å². The molecule has 0 atom stereocenters. The minimum absolute atomic E-state index is 0.101. The second-order valence-corrected chi connectivity index (χ2v) is 11.2. The number of nitrogens with one attached hydrogen (secondary N) is 1. The third-order valence-electron chi connectivity index (χ3n) is 5.10. The molecule has 1 aliphatic rings. The predicted octanol–water partition coefficient (Wildman–Crippen LogP) is 3.24. The molecule has 0 spiro atoms. The molecule has 0 fully saturated rings. The number of carbonyl (C=O) groups excluding carboxylic acids is 2. The Morgan fingerprint density at radius 3 is 2.66 bits per heavy atom. The molecule has 1 aromatic carbocycles. The zero-order chi connectivity index (χ0) is 22.9. The minimum Gasteiger partial charge on any atom is -0.495 e. The summed E-state index contributed by atoms with van der Waals surface area (Å²) in [7, 11) is -2.60. The molecule has 4 rings (SSSR count). The van der Waals surface area contributed by atoms with Gasteiger partial charge in [0.05, 0.1) is 18.4 Å². The van der Waals surface area contributed by atoms with E-state index in [0.29, 0.717) is 16.3 Å². The van der Waals surface area contributed by atoms with Gasteiger partial charge in [-0.05, 0) is 48.4 Å². The summed E-state index contributed by atoms with van der Waals surface area (Å²) in [5, 5.41) is 4.73. The van der Waals surface area contributed by atoms with Crippen LogP contribution in [0.4, 0.5) is 10.7 Å². The molecule has 2 amide bonds. The number of benzene rings is 1. The van der Waals surface area contributed by atoms with Gasteiger partial charge in [0.15, 0.2) is 0 Å². The lowest BCUT2D eigenvalue weighted by Gasteiger charge is -2.24. The van der Waals surface area contributed by atoms with E-state index in [0.717, 1.165) is 45.3 Å². The van der Waals surface area contributed by atoms with Gasteiger partial charge in [0.1, 0.15) is 21.5 Å². The zero-order valence-corrected chi connectivity index (χ0v) is 19.6. The number of hydrogen-bond donors (Lipinski definition) is 2. The number of ether oxygens (including phenoxy) is 1. The van der Waals surface area contributed by atoms with Crippen molar-refractivity contribution < 1.29 is 22.7 Å². The number of rotatable bonds is 8. The van der Waals surface area contributed by atoms with E-state index in [9.17, 15) is 18.0 Å². The average molecular weight is 492 g/mol. The maximum atomic E-state index is 13.4. The van der Waals surface area contributed by atoms with E-state index in [2.05, 4.69) is 5.32 Å². The number of thiophene rings is 2. The molecule has 0 bridgehead atoms. The Hall–Kier alpha value is -2.89. The van der Waals surface area contributed by atoms with E-state index in [-0.39, 0.29) is 9.90 Å². The second-order valence-electron chi connectivity index (χ2n) is 7.09. The molecule has 32 heavy (non-hydrogen) atoms. The molecule has 1 aliphatic carbocycles.